The number of hydrogen-bond acceptors (Lipinski definition) is 5. The highest BCUT2D eigenvalue weighted by Crippen LogP contribution is 2.54. The topological polar surface area (TPSA) is 99.2 Å². The Labute approximate surface area is 239 Å². The van der Waals surface area contributed by atoms with Crippen LogP contribution in [0.3, 0.4) is 0 Å². The van der Waals surface area contributed by atoms with Gasteiger partial charge in [-0.15, -0.1) is 0 Å². The van der Waals surface area contributed by atoms with Crippen LogP contribution in [-0.2, 0) is 20.9 Å². The van der Waals surface area contributed by atoms with Crippen LogP contribution in [0.1, 0.15) is 41.9 Å². The van der Waals surface area contributed by atoms with Gasteiger partial charge in [0.1, 0.15) is 18.2 Å². The van der Waals surface area contributed by atoms with Gasteiger partial charge < -0.3 is 20.1 Å². The van der Waals surface area contributed by atoms with E-state index in [-0.39, 0.29) is 30.9 Å². The van der Waals surface area contributed by atoms with Gasteiger partial charge in [-0.1, -0.05) is 78.9 Å². The number of aliphatic carboxylic acids is 1. The van der Waals surface area contributed by atoms with Crippen LogP contribution in [0.5, 0.6) is 0 Å². The van der Waals surface area contributed by atoms with E-state index in [4.69, 9.17) is 4.74 Å². The van der Waals surface area contributed by atoms with Crippen molar-refractivity contribution in [2.45, 2.75) is 43.3 Å². The minimum atomic E-state index is -1.16. The Balaban J connectivity index is 1.18. The summed E-state index contributed by atoms with van der Waals surface area (Å²) < 4.78 is 5.76. The SMILES string of the molecule is CN(Cc1ccccc1)CC(NC(=O)OCC1c2ccccc2-c2ccccc21)C(=O)N1CCC[C@H]2C[C@]21C(=O)O. The van der Waals surface area contributed by atoms with Crippen LogP contribution in [0.4, 0.5) is 4.79 Å². The Kier molecular flexibility index (Phi) is 7.26. The molecule has 212 valence electrons. The second kappa shape index (κ2) is 11.0. The third-order valence-electron chi connectivity index (χ3n) is 8.85. The highest BCUT2D eigenvalue weighted by molar-refractivity contribution is 5.94. The summed E-state index contributed by atoms with van der Waals surface area (Å²) in [7, 11) is 1.88. The van der Waals surface area contributed by atoms with E-state index in [1.54, 1.807) is 0 Å². The van der Waals surface area contributed by atoms with Crippen LogP contribution in [0.2, 0.25) is 0 Å². The van der Waals surface area contributed by atoms with Gasteiger partial charge in [-0.2, -0.15) is 0 Å². The molecule has 0 aromatic heterocycles. The quantitative estimate of drug-likeness (QED) is 0.405. The summed E-state index contributed by atoms with van der Waals surface area (Å²) >= 11 is 0. The molecule has 2 amide bonds. The zero-order valence-corrected chi connectivity index (χ0v) is 23.2. The summed E-state index contributed by atoms with van der Waals surface area (Å²) in [4.78, 5) is 42.9. The first-order chi connectivity index (χ1) is 19.9. The maximum absolute atomic E-state index is 13.9. The molecule has 2 fully saturated rings. The zero-order valence-electron chi connectivity index (χ0n) is 23.2. The minimum absolute atomic E-state index is 0.0325. The first-order valence-corrected chi connectivity index (χ1v) is 14.3. The van der Waals surface area contributed by atoms with Gasteiger partial charge in [-0.3, -0.25) is 9.69 Å². The van der Waals surface area contributed by atoms with Crippen LogP contribution < -0.4 is 5.32 Å². The van der Waals surface area contributed by atoms with Gasteiger partial charge in [0, 0.05) is 25.6 Å². The molecule has 2 N–H and O–H groups in total. The summed E-state index contributed by atoms with van der Waals surface area (Å²) in [5.41, 5.74) is 4.39. The Hall–Kier alpha value is -4.17. The van der Waals surface area contributed by atoms with E-state index in [1.807, 2.05) is 66.5 Å². The lowest BCUT2D eigenvalue weighted by molar-refractivity contribution is -0.155. The summed E-state index contributed by atoms with van der Waals surface area (Å²) in [5.74, 6) is -1.47. The van der Waals surface area contributed by atoms with Gasteiger partial charge in [0.2, 0.25) is 5.91 Å². The van der Waals surface area contributed by atoms with Crippen molar-refractivity contribution in [3.8, 4) is 11.1 Å². The van der Waals surface area contributed by atoms with Gasteiger partial charge in [0.25, 0.3) is 0 Å². The third kappa shape index (κ3) is 5.08. The predicted molar refractivity (Wildman–Crippen MR) is 154 cm³/mol. The largest absolute Gasteiger partial charge is 0.479 e. The summed E-state index contributed by atoms with van der Waals surface area (Å²) in [6.45, 7) is 1.29. The number of carbonyl (C=O) groups is 3. The predicted octanol–water partition coefficient (Wildman–Crippen LogP) is 4.49. The summed E-state index contributed by atoms with van der Waals surface area (Å²) in [5, 5.41) is 12.9. The van der Waals surface area contributed by atoms with E-state index in [1.165, 1.54) is 4.90 Å². The number of fused-ring (bicyclic) bond motifs is 4. The van der Waals surface area contributed by atoms with Gasteiger partial charge in [0.05, 0.1) is 0 Å². The lowest BCUT2D eigenvalue weighted by Crippen LogP contribution is -2.59. The van der Waals surface area contributed by atoms with E-state index < -0.39 is 23.6 Å². The molecule has 8 heteroatoms. The Bertz CT molecular complexity index is 1410. The maximum atomic E-state index is 13.9. The molecule has 3 aromatic rings. The number of ether oxygens (including phenoxy) is 1. The van der Waals surface area contributed by atoms with E-state index >= 15 is 0 Å². The second-order valence-corrected chi connectivity index (χ2v) is 11.5. The van der Waals surface area contributed by atoms with Crippen LogP contribution in [0, 0.1) is 5.92 Å². The number of likely N-dealkylation sites (N-methyl/N-ethyl adjacent to an activating group) is 1. The number of likely N-dealkylation sites (tertiary alicyclic amines) is 1. The summed E-state index contributed by atoms with van der Waals surface area (Å²) in [6, 6.07) is 25.2. The molecule has 1 aliphatic heterocycles. The first-order valence-electron chi connectivity index (χ1n) is 14.3. The second-order valence-electron chi connectivity index (χ2n) is 11.5. The van der Waals surface area contributed by atoms with Crippen molar-refractivity contribution >= 4 is 18.0 Å². The summed E-state index contributed by atoms with van der Waals surface area (Å²) in [6.07, 6.45) is 1.33. The van der Waals surface area contributed by atoms with Gasteiger partial charge in [0.15, 0.2) is 0 Å². The van der Waals surface area contributed by atoms with E-state index in [9.17, 15) is 19.5 Å². The molecule has 3 aliphatic rings. The average Bonchev–Trinajstić information content (AvgIpc) is 3.67. The van der Waals surface area contributed by atoms with Crippen molar-refractivity contribution in [2.24, 2.45) is 5.92 Å². The molecule has 3 aromatic carbocycles. The Morgan fingerprint density at radius 1 is 1.00 bits per heavy atom. The molecular formula is C33H35N3O5. The number of amides is 2. The van der Waals surface area contributed by atoms with Crippen molar-refractivity contribution in [1.29, 1.82) is 0 Å². The molecule has 0 radical (unpaired) electrons. The molecule has 41 heavy (non-hydrogen) atoms. The molecule has 3 atom stereocenters. The minimum Gasteiger partial charge on any atom is -0.479 e. The van der Waals surface area contributed by atoms with E-state index in [0.717, 1.165) is 40.7 Å². The highest BCUT2D eigenvalue weighted by atomic mass is 16.5. The number of carboxylic acid groups (broad SMARTS) is 1. The zero-order chi connectivity index (χ0) is 28.6. The Morgan fingerprint density at radius 2 is 1.63 bits per heavy atom. The maximum Gasteiger partial charge on any atom is 0.407 e. The van der Waals surface area contributed by atoms with Crippen molar-refractivity contribution in [1.82, 2.24) is 15.1 Å². The number of carboxylic acids is 1. The molecule has 0 spiro atoms. The van der Waals surface area contributed by atoms with Crippen LogP contribution >= 0.6 is 0 Å². The van der Waals surface area contributed by atoms with Crippen molar-refractivity contribution < 1.29 is 24.2 Å². The van der Waals surface area contributed by atoms with Crippen LogP contribution in [-0.4, -0.2) is 71.2 Å². The number of benzene rings is 3. The number of carbonyl (C=O) groups excluding carboxylic acids is 2. The van der Waals surface area contributed by atoms with Gasteiger partial charge in [-0.25, -0.2) is 9.59 Å². The van der Waals surface area contributed by atoms with Crippen molar-refractivity contribution in [3.63, 3.8) is 0 Å². The van der Waals surface area contributed by atoms with E-state index in [0.29, 0.717) is 19.5 Å². The first kappa shape index (κ1) is 27.0. The number of alkyl carbamates (subject to hydrolysis) is 1. The Morgan fingerprint density at radius 3 is 2.29 bits per heavy atom. The normalized spacial score (nSPS) is 21.4. The smallest absolute Gasteiger partial charge is 0.407 e. The number of rotatable bonds is 9. The standard InChI is InChI=1S/C33H35N3O5/c1-35(19-22-10-3-2-4-11-22)20-29(30(37)36-17-9-12-23-18-33(23,36)31(38)39)34-32(40)41-21-28-26-15-7-5-13-24(26)25-14-6-8-16-27(25)28/h2-8,10-11,13-16,23,28-29H,9,12,17-21H2,1H3,(H,34,40)(H,38,39)/t23-,29?,33+/m0/s1. The van der Waals surface area contributed by atoms with Crippen molar-refractivity contribution in [2.75, 3.05) is 26.7 Å². The van der Waals surface area contributed by atoms with Gasteiger partial charge in [-0.05, 0) is 60.0 Å². The molecule has 1 heterocycles. The van der Waals surface area contributed by atoms with Gasteiger partial charge >= 0.3 is 12.1 Å². The molecule has 1 unspecified atom stereocenters. The lowest BCUT2D eigenvalue weighted by atomic mass is 9.98. The number of hydrogen-bond donors (Lipinski definition) is 2. The molecule has 1 saturated heterocycles. The van der Waals surface area contributed by atoms with Crippen LogP contribution in [0.25, 0.3) is 11.1 Å². The average molecular weight is 554 g/mol. The molecule has 0 bridgehead atoms. The molecular weight excluding hydrogens is 518 g/mol. The number of piperidine rings is 1. The number of nitrogens with zero attached hydrogens (tertiary/aromatic N) is 2. The fourth-order valence-electron chi connectivity index (χ4n) is 6.79. The fourth-order valence-corrected chi connectivity index (χ4v) is 6.79. The molecule has 8 nitrogen and oxygen atoms in total. The van der Waals surface area contributed by atoms with Crippen LogP contribution in [0.15, 0.2) is 78.9 Å². The van der Waals surface area contributed by atoms with Crippen molar-refractivity contribution in [3.05, 3.63) is 95.6 Å². The lowest BCUT2D eigenvalue weighted by Gasteiger charge is -2.37. The monoisotopic (exact) mass is 553 g/mol. The molecule has 6 rings (SSSR count). The number of nitrogens with one attached hydrogen (secondary N) is 1. The fraction of sp³-hybridized carbons (Fsp3) is 0.364. The molecule has 2 aliphatic carbocycles. The molecule has 1 saturated carbocycles. The van der Waals surface area contributed by atoms with E-state index in [2.05, 4.69) is 29.6 Å². The highest BCUT2D eigenvalue weighted by Gasteiger charge is 2.67. The third-order valence-corrected chi connectivity index (χ3v) is 8.85.